The first-order valence-electron chi connectivity index (χ1n) is 6.78. The largest absolute Gasteiger partial charge is 0.382 e. The standard InChI is InChI=1S/C13H16BrN5O3/c1-21-7-9(20)18-4-5-22-8(6-18)13-17-11(14)10-12(15)16-2-3-19(10)13/h2-3,8H,4-7H2,1H3,(H2,15,16). The highest BCUT2D eigenvalue weighted by atomic mass is 79.9. The normalized spacial score (nSPS) is 18.8. The Bertz CT molecular complexity index is 704. The van der Waals surface area contributed by atoms with Crippen LogP contribution in [-0.4, -0.2) is 58.6 Å². The van der Waals surface area contributed by atoms with Crippen LogP contribution in [0.5, 0.6) is 0 Å². The number of morpholine rings is 1. The van der Waals surface area contributed by atoms with Gasteiger partial charge in [-0.05, 0) is 15.9 Å². The summed E-state index contributed by atoms with van der Waals surface area (Å²) < 4.78 is 13.1. The smallest absolute Gasteiger partial charge is 0.248 e. The summed E-state index contributed by atoms with van der Waals surface area (Å²) in [7, 11) is 1.50. The number of anilines is 1. The highest BCUT2D eigenvalue weighted by Crippen LogP contribution is 2.28. The van der Waals surface area contributed by atoms with Gasteiger partial charge in [0.05, 0.1) is 13.2 Å². The lowest BCUT2D eigenvalue weighted by Gasteiger charge is -2.32. The molecule has 22 heavy (non-hydrogen) atoms. The lowest BCUT2D eigenvalue weighted by atomic mass is 10.2. The van der Waals surface area contributed by atoms with Crippen LogP contribution in [0.1, 0.15) is 11.9 Å². The second-order valence-corrected chi connectivity index (χ2v) is 5.68. The van der Waals surface area contributed by atoms with Gasteiger partial charge >= 0.3 is 0 Å². The van der Waals surface area contributed by atoms with Crippen molar-refractivity contribution in [1.29, 1.82) is 0 Å². The second-order valence-electron chi connectivity index (χ2n) is 4.92. The molecule has 0 saturated carbocycles. The lowest BCUT2D eigenvalue weighted by molar-refractivity contribution is -0.143. The number of ether oxygens (including phenoxy) is 2. The SMILES string of the molecule is COCC(=O)N1CCOC(c2nc(Br)c3c(N)nccn23)C1. The number of carbonyl (C=O) groups is 1. The van der Waals surface area contributed by atoms with Gasteiger partial charge in [-0.15, -0.1) is 0 Å². The molecule has 0 radical (unpaired) electrons. The molecule has 9 heteroatoms. The van der Waals surface area contributed by atoms with E-state index < -0.39 is 0 Å². The number of nitrogens with two attached hydrogens (primary N) is 1. The van der Waals surface area contributed by atoms with Crippen molar-refractivity contribution in [3.05, 3.63) is 22.8 Å². The molecule has 1 saturated heterocycles. The fourth-order valence-corrected chi connectivity index (χ4v) is 3.09. The molecule has 1 atom stereocenters. The van der Waals surface area contributed by atoms with Crippen LogP contribution in [0.4, 0.5) is 5.82 Å². The fourth-order valence-electron chi connectivity index (χ4n) is 2.52. The zero-order chi connectivity index (χ0) is 15.7. The van der Waals surface area contributed by atoms with Gasteiger partial charge in [-0.1, -0.05) is 0 Å². The zero-order valence-corrected chi connectivity index (χ0v) is 13.6. The Labute approximate surface area is 135 Å². The van der Waals surface area contributed by atoms with Gasteiger partial charge in [-0.2, -0.15) is 0 Å². The van der Waals surface area contributed by atoms with E-state index in [0.717, 1.165) is 0 Å². The maximum atomic E-state index is 12.0. The number of aromatic nitrogens is 3. The highest BCUT2D eigenvalue weighted by Gasteiger charge is 2.29. The van der Waals surface area contributed by atoms with Gasteiger partial charge in [0.15, 0.2) is 5.82 Å². The van der Waals surface area contributed by atoms with E-state index in [0.29, 0.717) is 41.5 Å². The Balaban J connectivity index is 1.91. The summed E-state index contributed by atoms with van der Waals surface area (Å²) in [6.07, 6.45) is 3.06. The third kappa shape index (κ3) is 2.67. The summed E-state index contributed by atoms with van der Waals surface area (Å²) in [5, 5.41) is 0. The molecule has 8 nitrogen and oxygen atoms in total. The van der Waals surface area contributed by atoms with Crippen LogP contribution >= 0.6 is 15.9 Å². The Morgan fingerprint density at radius 1 is 1.64 bits per heavy atom. The third-order valence-electron chi connectivity index (χ3n) is 3.54. The minimum atomic E-state index is -0.324. The van der Waals surface area contributed by atoms with Gasteiger partial charge in [0.1, 0.15) is 28.7 Å². The number of hydrogen-bond acceptors (Lipinski definition) is 6. The monoisotopic (exact) mass is 369 g/mol. The van der Waals surface area contributed by atoms with Gasteiger partial charge in [-0.3, -0.25) is 9.20 Å². The van der Waals surface area contributed by atoms with Crippen molar-refractivity contribution in [2.45, 2.75) is 6.10 Å². The van der Waals surface area contributed by atoms with Crippen LogP contribution < -0.4 is 5.73 Å². The van der Waals surface area contributed by atoms with Crippen LogP contribution in [0.2, 0.25) is 0 Å². The molecule has 2 aromatic rings. The lowest BCUT2D eigenvalue weighted by Crippen LogP contribution is -2.44. The van der Waals surface area contributed by atoms with Crippen LogP contribution in [0, 0.1) is 0 Å². The molecule has 2 N–H and O–H groups in total. The van der Waals surface area contributed by atoms with E-state index in [1.807, 2.05) is 4.40 Å². The Kier molecular flexibility index (Phi) is 4.27. The number of nitrogen functional groups attached to an aromatic ring is 1. The first-order chi connectivity index (χ1) is 10.6. The minimum Gasteiger partial charge on any atom is -0.382 e. The first-order valence-corrected chi connectivity index (χ1v) is 7.57. The zero-order valence-electron chi connectivity index (χ0n) is 12.0. The minimum absolute atomic E-state index is 0.0584. The highest BCUT2D eigenvalue weighted by molar-refractivity contribution is 9.10. The number of hydrogen-bond donors (Lipinski definition) is 1. The summed E-state index contributed by atoms with van der Waals surface area (Å²) in [5.74, 6) is 1.01. The average molecular weight is 370 g/mol. The Morgan fingerprint density at radius 3 is 3.23 bits per heavy atom. The summed E-state index contributed by atoms with van der Waals surface area (Å²) in [6, 6.07) is 0. The van der Waals surface area contributed by atoms with Gasteiger partial charge in [0, 0.05) is 26.0 Å². The number of imidazole rings is 1. The molecular formula is C13H16BrN5O3. The van der Waals surface area contributed by atoms with Crippen molar-refractivity contribution in [1.82, 2.24) is 19.3 Å². The fraction of sp³-hybridized carbons (Fsp3) is 0.462. The molecule has 3 rings (SSSR count). The molecule has 1 aliphatic heterocycles. The summed E-state index contributed by atoms with van der Waals surface area (Å²) in [6.45, 7) is 1.49. The number of amides is 1. The number of carbonyl (C=O) groups excluding carboxylic acids is 1. The van der Waals surface area contributed by atoms with Crippen molar-refractivity contribution in [3.63, 3.8) is 0 Å². The maximum Gasteiger partial charge on any atom is 0.248 e. The summed E-state index contributed by atoms with van der Waals surface area (Å²) in [5.41, 5.74) is 6.59. The number of rotatable bonds is 3. The van der Waals surface area contributed by atoms with Crippen molar-refractivity contribution in [2.24, 2.45) is 0 Å². The van der Waals surface area contributed by atoms with E-state index in [1.165, 1.54) is 7.11 Å². The molecule has 0 aliphatic carbocycles. The van der Waals surface area contributed by atoms with E-state index >= 15 is 0 Å². The molecule has 1 amide bonds. The number of methoxy groups -OCH3 is 1. The number of halogens is 1. The van der Waals surface area contributed by atoms with Gasteiger partial charge in [0.2, 0.25) is 5.91 Å². The maximum absolute atomic E-state index is 12.0. The second kappa shape index (κ2) is 6.19. The molecular weight excluding hydrogens is 354 g/mol. The molecule has 0 aromatic carbocycles. The number of fused-ring (bicyclic) bond motifs is 1. The summed E-state index contributed by atoms with van der Waals surface area (Å²) in [4.78, 5) is 22.2. The topological polar surface area (TPSA) is 95.0 Å². The molecule has 0 spiro atoms. The van der Waals surface area contributed by atoms with Crippen LogP contribution in [0.25, 0.3) is 5.52 Å². The van der Waals surface area contributed by atoms with Crippen LogP contribution in [0.15, 0.2) is 17.0 Å². The van der Waals surface area contributed by atoms with Crippen molar-refractivity contribution < 1.29 is 14.3 Å². The summed E-state index contributed by atoms with van der Waals surface area (Å²) >= 11 is 3.40. The average Bonchev–Trinajstić information content (AvgIpc) is 2.86. The molecule has 3 heterocycles. The molecule has 0 bridgehead atoms. The molecule has 2 aromatic heterocycles. The molecule has 1 aliphatic rings. The predicted octanol–water partition coefficient (Wildman–Crippen LogP) is 0.620. The van der Waals surface area contributed by atoms with Gasteiger partial charge in [0.25, 0.3) is 0 Å². The van der Waals surface area contributed by atoms with E-state index in [9.17, 15) is 4.79 Å². The molecule has 118 valence electrons. The van der Waals surface area contributed by atoms with Crippen molar-refractivity contribution >= 4 is 33.2 Å². The first kappa shape index (κ1) is 15.2. The molecule has 1 fully saturated rings. The van der Waals surface area contributed by atoms with E-state index in [4.69, 9.17) is 15.2 Å². The van der Waals surface area contributed by atoms with E-state index in [1.54, 1.807) is 17.3 Å². The van der Waals surface area contributed by atoms with Crippen LogP contribution in [-0.2, 0) is 14.3 Å². The Morgan fingerprint density at radius 2 is 2.45 bits per heavy atom. The van der Waals surface area contributed by atoms with Crippen molar-refractivity contribution in [2.75, 3.05) is 39.1 Å². The van der Waals surface area contributed by atoms with E-state index in [2.05, 4.69) is 25.9 Å². The number of nitrogens with zero attached hydrogens (tertiary/aromatic N) is 4. The Hall–Kier alpha value is -1.71. The van der Waals surface area contributed by atoms with E-state index in [-0.39, 0.29) is 18.6 Å². The molecule has 1 unspecified atom stereocenters. The third-order valence-corrected chi connectivity index (χ3v) is 4.10. The predicted molar refractivity (Wildman–Crippen MR) is 82.2 cm³/mol. The van der Waals surface area contributed by atoms with Gasteiger partial charge in [-0.25, -0.2) is 9.97 Å². The van der Waals surface area contributed by atoms with Crippen LogP contribution in [0.3, 0.4) is 0 Å². The van der Waals surface area contributed by atoms with Crippen molar-refractivity contribution in [3.8, 4) is 0 Å². The quantitative estimate of drug-likeness (QED) is 0.851. The van der Waals surface area contributed by atoms with Gasteiger partial charge < -0.3 is 20.1 Å².